The van der Waals surface area contributed by atoms with Crippen LogP contribution in [0.25, 0.3) is 0 Å². The molecule has 1 N–H and O–H groups in total. The van der Waals surface area contributed by atoms with Gasteiger partial charge in [-0.3, -0.25) is 4.90 Å². The van der Waals surface area contributed by atoms with Gasteiger partial charge in [-0.15, -0.1) is 0 Å². The maximum Gasteiger partial charge on any atom is 0.411 e. The molecule has 1 aliphatic heterocycles. The number of hydrogen-bond acceptors (Lipinski definition) is 3. The van der Waals surface area contributed by atoms with E-state index in [4.69, 9.17) is 9.84 Å². The smallest absolute Gasteiger partial charge is 0.411 e. The molecule has 2 fully saturated rings. The second-order valence-electron chi connectivity index (χ2n) is 5.54. The van der Waals surface area contributed by atoms with Gasteiger partial charge in [-0.05, 0) is 39.5 Å². The minimum atomic E-state index is -0.932. The molecule has 5 heteroatoms. The van der Waals surface area contributed by atoms with Crippen molar-refractivity contribution in [1.82, 2.24) is 4.90 Å². The number of nitrogens with zero attached hydrogens (tertiary/aromatic N) is 1. The van der Waals surface area contributed by atoms with E-state index in [1.807, 2.05) is 0 Å². The predicted molar refractivity (Wildman–Crippen MR) is 56.0 cm³/mol. The highest BCUT2D eigenvalue weighted by molar-refractivity contribution is 5.82. The molecule has 3 atom stereocenters. The van der Waals surface area contributed by atoms with Crippen LogP contribution in [0.2, 0.25) is 0 Å². The van der Waals surface area contributed by atoms with Crippen molar-refractivity contribution in [3.63, 3.8) is 0 Å². The monoisotopic (exact) mass is 227 g/mol. The van der Waals surface area contributed by atoms with E-state index in [0.717, 1.165) is 6.42 Å². The summed E-state index contributed by atoms with van der Waals surface area (Å²) in [6, 6.07) is -0.602. The van der Waals surface area contributed by atoms with E-state index in [9.17, 15) is 9.59 Å². The summed E-state index contributed by atoms with van der Waals surface area (Å²) in [5, 5.41) is 9.02. The van der Waals surface area contributed by atoms with Crippen molar-refractivity contribution >= 4 is 12.1 Å². The van der Waals surface area contributed by atoms with E-state index in [0.29, 0.717) is 12.3 Å². The molecule has 0 bridgehead atoms. The lowest BCUT2D eigenvalue weighted by atomic mass is 10.2. The Bertz CT molecular complexity index is 333. The number of aliphatic carboxylic acids is 1. The number of carbonyl (C=O) groups is 2. The SMILES string of the molecule is CC(C)(C)OC(=O)N1[C@H](C(=O)O)C[C@H]2C[C@@H]21. The zero-order valence-electron chi connectivity index (χ0n) is 9.77. The Hall–Kier alpha value is -1.26. The van der Waals surface area contributed by atoms with Crippen molar-refractivity contribution in [2.24, 2.45) is 5.92 Å². The van der Waals surface area contributed by atoms with E-state index >= 15 is 0 Å². The Morgan fingerprint density at radius 3 is 2.44 bits per heavy atom. The van der Waals surface area contributed by atoms with Gasteiger partial charge in [0.2, 0.25) is 0 Å². The van der Waals surface area contributed by atoms with Crippen LogP contribution in [0.15, 0.2) is 0 Å². The van der Waals surface area contributed by atoms with Gasteiger partial charge in [0.05, 0.1) is 0 Å². The molecule has 0 aromatic carbocycles. The van der Waals surface area contributed by atoms with Gasteiger partial charge in [0.25, 0.3) is 0 Å². The first-order valence-electron chi connectivity index (χ1n) is 5.54. The molecule has 0 radical (unpaired) electrons. The van der Waals surface area contributed by atoms with E-state index in [1.165, 1.54) is 4.90 Å². The summed E-state index contributed by atoms with van der Waals surface area (Å²) in [6.07, 6.45) is 0.993. The number of ether oxygens (including phenoxy) is 1. The van der Waals surface area contributed by atoms with Crippen molar-refractivity contribution in [1.29, 1.82) is 0 Å². The molecule has 0 aromatic rings. The first-order valence-corrected chi connectivity index (χ1v) is 5.54. The number of piperidine rings is 1. The topological polar surface area (TPSA) is 66.8 Å². The van der Waals surface area contributed by atoms with Gasteiger partial charge in [0, 0.05) is 6.04 Å². The van der Waals surface area contributed by atoms with Gasteiger partial charge in [-0.1, -0.05) is 0 Å². The van der Waals surface area contributed by atoms with E-state index in [1.54, 1.807) is 20.8 Å². The minimum absolute atomic E-state index is 0.0935. The molecular formula is C11H17NO4. The number of carboxylic acid groups (broad SMARTS) is 1. The Morgan fingerprint density at radius 2 is 1.94 bits per heavy atom. The number of carbonyl (C=O) groups excluding carboxylic acids is 1. The predicted octanol–water partition coefficient (Wildman–Crippen LogP) is 1.47. The molecule has 1 amide bonds. The van der Waals surface area contributed by atoms with Gasteiger partial charge in [-0.25, -0.2) is 9.59 Å². The van der Waals surface area contributed by atoms with Crippen LogP contribution in [0.3, 0.4) is 0 Å². The summed E-state index contributed by atoms with van der Waals surface area (Å²) >= 11 is 0. The molecule has 90 valence electrons. The largest absolute Gasteiger partial charge is 0.480 e. The summed E-state index contributed by atoms with van der Waals surface area (Å²) in [6.45, 7) is 5.34. The first kappa shape index (κ1) is 11.2. The van der Waals surface area contributed by atoms with Crippen LogP contribution in [0.4, 0.5) is 4.79 Å². The zero-order chi connectivity index (χ0) is 12.1. The Balaban J connectivity index is 2.07. The van der Waals surface area contributed by atoms with Crippen LogP contribution in [0.1, 0.15) is 33.6 Å². The van der Waals surface area contributed by atoms with Crippen molar-refractivity contribution < 1.29 is 19.4 Å². The fraction of sp³-hybridized carbons (Fsp3) is 0.818. The quantitative estimate of drug-likeness (QED) is 0.736. The number of likely N-dealkylation sites (tertiary alicyclic amines) is 1. The number of rotatable bonds is 1. The standard InChI is InChI=1S/C11H17NO4/c1-11(2,3)16-10(15)12-7-4-6(7)5-8(12)9(13)14/h6-8H,4-5H2,1-3H3,(H,13,14)/t6-,7+,8+/m1/s1. The molecule has 2 rings (SSSR count). The van der Waals surface area contributed by atoms with Crippen molar-refractivity contribution in [2.45, 2.75) is 51.3 Å². The molecule has 16 heavy (non-hydrogen) atoms. The third-order valence-corrected chi connectivity index (χ3v) is 2.99. The third-order valence-electron chi connectivity index (χ3n) is 2.99. The normalized spacial score (nSPS) is 32.2. The fourth-order valence-electron chi connectivity index (χ4n) is 2.25. The third kappa shape index (κ3) is 1.99. The maximum absolute atomic E-state index is 11.9. The van der Waals surface area contributed by atoms with Crippen LogP contribution in [-0.2, 0) is 9.53 Å². The van der Waals surface area contributed by atoms with E-state index < -0.39 is 23.7 Å². The van der Waals surface area contributed by atoms with E-state index in [2.05, 4.69) is 0 Å². The van der Waals surface area contributed by atoms with Gasteiger partial charge in [-0.2, -0.15) is 0 Å². The molecular weight excluding hydrogens is 210 g/mol. The van der Waals surface area contributed by atoms with E-state index in [-0.39, 0.29) is 6.04 Å². The highest BCUT2D eigenvalue weighted by Gasteiger charge is 2.57. The number of carboxylic acids is 1. The number of amides is 1. The van der Waals surface area contributed by atoms with Crippen molar-refractivity contribution in [3.05, 3.63) is 0 Å². The molecule has 1 saturated heterocycles. The highest BCUT2D eigenvalue weighted by Crippen LogP contribution is 2.48. The molecule has 0 unspecified atom stereocenters. The average Bonchev–Trinajstić information content (AvgIpc) is 2.73. The van der Waals surface area contributed by atoms with Crippen LogP contribution >= 0.6 is 0 Å². The summed E-state index contributed by atoms with van der Waals surface area (Å²) in [5.74, 6) is -0.563. The lowest BCUT2D eigenvalue weighted by molar-refractivity contribution is -0.142. The summed E-state index contributed by atoms with van der Waals surface area (Å²) in [5.41, 5.74) is -0.576. The van der Waals surface area contributed by atoms with Gasteiger partial charge < -0.3 is 9.84 Å². The Labute approximate surface area is 94.4 Å². The molecule has 2 aliphatic rings. The Kier molecular flexibility index (Phi) is 2.36. The molecule has 5 nitrogen and oxygen atoms in total. The highest BCUT2D eigenvalue weighted by atomic mass is 16.6. The molecule has 0 spiro atoms. The number of hydrogen-bond donors (Lipinski definition) is 1. The molecule has 1 heterocycles. The van der Waals surface area contributed by atoms with Crippen LogP contribution in [-0.4, -0.2) is 39.8 Å². The summed E-state index contributed by atoms with van der Waals surface area (Å²) in [4.78, 5) is 24.3. The average molecular weight is 227 g/mol. The maximum atomic E-state index is 11.9. The minimum Gasteiger partial charge on any atom is -0.480 e. The van der Waals surface area contributed by atoms with Crippen LogP contribution < -0.4 is 0 Å². The van der Waals surface area contributed by atoms with Gasteiger partial charge in [0.15, 0.2) is 0 Å². The lowest BCUT2D eigenvalue weighted by Crippen LogP contribution is -2.45. The second kappa shape index (κ2) is 3.37. The molecule has 0 aromatic heterocycles. The molecule has 1 saturated carbocycles. The summed E-state index contributed by atoms with van der Waals surface area (Å²) in [7, 11) is 0. The van der Waals surface area contributed by atoms with Crippen molar-refractivity contribution in [3.8, 4) is 0 Å². The fourth-order valence-corrected chi connectivity index (χ4v) is 2.25. The van der Waals surface area contributed by atoms with Crippen LogP contribution in [0, 0.1) is 5.92 Å². The molecule has 1 aliphatic carbocycles. The van der Waals surface area contributed by atoms with Gasteiger partial charge >= 0.3 is 12.1 Å². The summed E-state index contributed by atoms with van der Waals surface area (Å²) < 4.78 is 5.22. The second-order valence-corrected chi connectivity index (χ2v) is 5.54. The Morgan fingerprint density at radius 1 is 1.31 bits per heavy atom. The van der Waals surface area contributed by atoms with Gasteiger partial charge in [0.1, 0.15) is 11.6 Å². The van der Waals surface area contributed by atoms with Crippen molar-refractivity contribution in [2.75, 3.05) is 0 Å². The zero-order valence-corrected chi connectivity index (χ0v) is 9.77. The number of fused-ring (bicyclic) bond motifs is 1. The lowest BCUT2D eigenvalue weighted by Gasteiger charge is -2.28. The van der Waals surface area contributed by atoms with Crippen LogP contribution in [0.5, 0.6) is 0 Å². The first-order chi connectivity index (χ1) is 7.29.